The number of hydrogen-bond acceptors (Lipinski definition) is 5. The van der Waals surface area contributed by atoms with Gasteiger partial charge in [-0.2, -0.15) is 0 Å². The fourth-order valence-electron chi connectivity index (χ4n) is 1.28. The van der Waals surface area contributed by atoms with Gasteiger partial charge in [0.2, 0.25) is 0 Å². The summed E-state index contributed by atoms with van der Waals surface area (Å²) < 4.78 is 5.06. The first-order valence-corrected chi connectivity index (χ1v) is 6.57. The third-order valence-corrected chi connectivity index (χ3v) is 2.99. The molecular formula is C12H18N2O3S. The Morgan fingerprint density at radius 3 is 2.61 bits per heavy atom. The van der Waals surface area contributed by atoms with E-state index in [1.54, 1.807) is 33.2 Å². The van der Waals surface area contributed by atoms with Crippen LogP contribution in [-0.4, -0.2) is 29.0 Å². The largest absolute Gasteiger partial charge is 0.444 e. The molecule has 1 rings (SSSR count). The molecule has 1 aromatic rings. The number of hydrogen-bond donors (Lipinski definition) is 1. The Morgan fingerprint density at radius 2 is 2.11 bits per heavy atom. The predicted octanol–water partition coefficient (Wildman–Crippen LogP) is 2.55. The molecule has 0 atom stereocenters. The van der Waals surface area contributed by atoms with Crippen LogP contribution in [0.1, 0.15) is 42.6 Å². The van der Waals surface area contributed by atoms with E-state index >= 15 is 0 Å². The van der Waals surface area contributed by atoms with E-state index < -0.39 is 11.7 Å². The van der Waals surface area contributed by atoms with Crippen molar-refractivity contribution < 1.29 is 14.3 Å². The molecule has 0 radical (unpaired) electrons. The van der Waals surface area contributed by atoms with Crippen molar-refractivity contribution in [3.05, 3.63) is 16.1 Å². The molecule has 100 valence electrons. The van der Waals surface area contributed by atoms with E-state index in [1.165, 1.54) is 11.3 Å². The Balaban J connectivity index is 2.33. The maximum Gasteiger partial charge on any atom is 0.407 e. The predicted molar refractivity (Wildman–Crippen MR) is 70.0 cm³/mol. The van der Waals surface area contributed by atoms with Crippen LogP contribution in [-0.2, 0) is 4.74 Å². The van der Waals surface area contributed by atoms with E-state index in [2.05, 4.69) is 10.3 Å². The minimum Gasteiger partial charge on any atom is -0.444 e. The molecule has 0 aliphatic rings. The monoisotopic (exact) mass is 270 g/mol. The third kappa shape index (κ3) is 4.83. The van der Waals surface area contributed by atoms with Gasteiger partial charge < -0.3 is 10.1 Å². The molecule has 0 aromatic carbocycles. The Hall–Kier alpha value is -1.43. The Morgan fingerprint density at radius 1 is 1.44 bits per heavy atom. The minimum atomic E-state index is -0.525. The molecule has 0 aliphatic heterocycles. The first-order valence-electron chi connectivity index (χ1n) is 5.70. The molecular weight excluding hydrogens is 252 g/mol. The number of amides is 1. The SMILES string of the molecule is Cc1ncsc1C(=O)CCNC(=O)OC(C)(C)C. The van der Waals surface area contributed by atoms with Gasteiger partial charge in [-0.25, -0.2) is 9.78 Å². The number of nitrogens with zero attached hydrogens (tertiary/aromatic N) is 1. The summed E-state index contributed by atoms with van der Waals surface area (Å²) in [5.41, 5.74) is 1.86. The van der Waals surface area contributed by atoms with Crippen LogP contribution >= 0.6 is 11.3 Å². The van der Waals surface area contributed by atoms with Gasteiger partial charge in [-0.3, -0.25) is 4.79 Å². The summed E-state index contributed by atoms with van der Waals surface area (Å²) >= 11 is 1.32. The Kier molecular flexibility index (Phi) is 4.84. The third-order valence-electron chi connectivity index (χ3n) is 2.02. The standard InChI is InChI=1S/C12H18N2O3S/c1-8-10(18-7-14-8)9(15)5-6-13-11(16)17-12(2,3)4/h7H,5-6H2,1-4H3,(H,13,16). The highest BCUT2D eigenvalue weighted by Gasteiger charge is 2.16. The summed E-state index contributed by atoms with van der Waals surface area (Å²) in [7, 11) is 0. The van der Waals surface area contributed by atoms with Gasteiger partial charge in [0.1, 0.15) is 5.60 Å². The normalized spacial score (nSPS) is 11.1. The number of thiazole rings is 1. The van der Waals surface area contributed by atoms with Gasteiger partial charge in [0.05, 0.1) is 16.1 Å². The molecule has 18 heavy (non-hydrogen) atoms. The fourth-order valence-corrected chi connectivity index (χ4v) is 2.05. The smallest absolute Gasteiger partial charge is 0.407 e. The fraction of sp³-hybridized carbons (Fsp3) is 0.583. The lowest BCUT2D eigenvalue weighted by atomic mass is 10.2. The number of alkyl carbamates (subject to hydrolysis) is 1. The van der Waals surface area contributed by atoms with Crippen molar-refractivity contribution >= 4 is 23.2 Å². The zero-order valence-corrected chi connectivity index (χ0v) is 11.9. The van der Waals surface area contributed by atoms with E-state index in [-0.39, 0.29) is 18.7 Å². The Bertz CT molecular complexity index is 435. The average molecular weight is 270 g/mol. The summed E-state index contributed by atoms with van der Waals surface area (Å²) in [6, 6.07) is 0. The highest BCUT2D eigenvalue weighted by Crippen LogP contribution is 2.14. The number of carbonyl (C=O) groups is 2. The molecule has 0 unspecified atom stereocenters. The molecule has 1 N–H and O–H groups in total. The van der Waals surface area contributed by atoms with E-state index in [0.29, 0.717) is 4.88 Å². The number of carbonyl (C=O) groups excluding carboxylic acids is 2. The van der Waals surface area contributed by atoms with Crippen LogP contribution in [0.15, 0.2) is 5.51 Å². The molecule has 0 bridgehead atoms. The van der Waals surface area contributed by atoms with Crippen LogP contribution in [0.5, 0.6) is 0 Å². The van der Waals surface area contributed by atoms with E-state index in [9.17, 15) is 9.59 Å². The van der Waals surface area contributed by atoms with Gasteiger partial charge in [0, 0.05) is 13.0 Å². The van der Waals surface area contributed by atoms with E-state index in [0.717, 1.165) is 5.69 Å². The van der Waals surface area contributed by atoms with Crippen molar-refractivity contribution in [1.82, 2.24) is 10.3 Å². The van der Waals surface area contributed by atoms with Crippen LogP contribution < -0.4 is 5.32 Å². The number of Topliss-reactive ketones (excluding diaryl/α,β-unsaturated/α-hetero) is 1. The number of ketones is 1. The average Bonchev–Trinajstić information content (AvgIpc) is 2.61. The highest BCUT2D eigenvalue weighted by molar-refractivity contribution is 7.11. The zero-order valence-electron chi connectivity index (χ0n) is 11.1. The van der Waals surface area contributed by atoms with Crippen molar-refractivity contribution in [2.45, 2.75) is 39.7 Å². The molecule has 5 nitrogen and oxygen atoms in total. The Labute approximate surface area is 111 Å². The lowest BCUT2D eigenvalue weighted by Crippen LogP contribution is -2.33. The van der Waals surface area contributed by atoms with E-state index in [4.69, 9.17) is 4.74 Å². The highest BCUT2D eigenvalue weighted by atomic mass is 32.1. The van der Waals surface area contributed by atoms with Crippen molar-refractivity contribution in [2.75, 3.05) is 6.54 Å². The second-order valence-electron chi connectivity index (χ2n) is 4.87. The van der Waals surface area contributed by atoms with Crippen molar-refractivity contribution in [2.24, 2.45) is 0 Å². The summed E-state index contributed by atoms with van der Waals surface area (Å²) in [6.45, 7) is 7.44. The summed E-state index contributed by atoms with van der Waals surface area (Å²) in [5.74, 6) is -0.00828. The quantitative estimate of drug-likeness (QED) is 0.854. The molecule has 0 aliphatic carbocycles. The van der Waals surface area contributed by atoms with Crippen LogP contribution in [0.4, 0.5) is 4.79 Å². The molecule has 1 aromatic heterocycles. The zero-order chi connectivity index (χ0) is 13.8. The number of rotatable bonds is 4. The molecule has 0 saturated carbocycles. The van der Waals surface area contributed by atoms with Gasteiger partial charge >= 0.3 is 6.09 Å². The van der Waals surface area contributed by atoms with Crippen LogP contribution in [0, 0.1) is 6.92 Å². The second kappa shape index (κ2) is 5.95. The first-order chi connectivity index (χ1) is 8.29. The number of ether oxygens (including phenoxy) is 1. The van der Waals surface area contributed by atoms with Gasteiger partial charge in [0.15, 0.2) is 5.78 Å². The number of nitrogens with one attached hydrogen (secondary N) is 1. The summed E-state index contributed by atoms with van der Waals surface area (Å²) in [4.78, 5) is 27.8. The lowest BCUT2D eigenvalue weighted by molar-refractivity contribution is 0.0527. The van der Waals surface area contributed by atoms with Crippen molar-refractivity contribution in [3.8, 4) is 0 Å². The molecule has 0 spiro atoms. The maximum atomic E-state index is 11.8. The van der Waals surface area contributed by atoms with E-state index in [1.807, 2.05) is 0 Å². The first kappa shape index (κ1) is 14.6. The molecule has 6 heteroatoms. The van der Waals surface area contributed by atoms with Crippen molar-refractivity contribution in [3.63, 3.8) is 0 Å². The number of aryl methyl sites for hydroxylation is 1. The molecule has 0 saturated heterocycles. The maximum absolute atomic E-state index is 11.8. The van der Waals surface area contributed by atoms with Gasteiger partial charge in [-0.05, 0) is 27.7 Å². The van der Waals surface area contributed by atoms with Gasteiger partial charge in [-0.15, -0.1) is 11.3 Å². The van der Waals surface area contributed by atoms with Gasteiger partial charge in [-0.1, -0.05) is 0 Å². The summed E-state index contributed by atoms with van der Waals surface area (Å²) in [5, 5.41) is 2.55. The lowest BCUT2D eigenvalue weighted by Gasteiger charge is -2.19. The second-order valence-corrected chi connectivity index (χ2v) is 5.72. The molecule has 0 fully saturated rings. The minimum absolute atomic E-state index is 0.00828. The van der Waals surface area contributed by atoms with Gasteiger partial charge in [0.25, 0.3) is 0 Å². The van der Waals surface area contributed by atoms with Crippen LogP contribution in [0.3, 0.4) is 0 Å². The topological polar surface area (TPSA) is 68.3 Å². The van der Waals surface area contributed by atoms with Crippen LogP contribution in [0.2, 0.25) is 0 Å². The molecule has 1 heterocycles. The van der Waals surface area contributed by atoms with Crippen molar-refractivity contribution in [1.29, 1.82) is 0 Å². The molecule has 1 amide bonds. The summed E-state index contributed by atoms with van der Waals surface area (Å²) in [6.07, 6.45) is -0.251. The van der Waals surface area contributed by atoms with Crippen LogP contribution in [0.25, 0.3) is 0 Å². The number of aromatic nitrogens is 1.